The molecule has 1 aliphatic heterocycles. The number of fused-ring (bicyclic) bond motifs is 1. The van der Waals surface area contributed by atoms with Crippen molar-refractivity contribution in [1.29, 1.82) is 0 Å². The quantitative estimate of drug-likeness (QED) is 0.869. The molecule has 1 atom stereocenters. The maximum absolute atomic E-state index is 12.7. The first-order chi connectivity index (χ1) is 11.5. The number of aryl methyl sites for hydroxylation is 1. The summed E-state index contributed by atoms with van der Waals surface area (Å²) in [5, 5.41) is 14.8. The number of esters is 1. The van der Waals surface area contributed by atoms with Crippen LogP contribution >= 0.6 is 0 Å². The molecule has 0 fully saturated rings. The minimum atomic E-state index is -0.409. The van der Waals surface area contributed by atoms with Crippen LogP contribution in [0.3, 0.4) is 0 Å². The van der Waals surface area contributed by atoms with Gasteiger partial charge in [0.15, 0.2) is 0 Å². The summed E-state index contributed by atoms with van der Waals surface area (Å²) in [4.78, 5) is 12.7. The van der Waals surface area contributed by atoms with Gasteiger partial charge in [-0.3, -0.25) is 0 Å². The van der Waals surface area contributed by atoms with E-state index in [-0.39, 0.29) is 12.1 Å². The predicted molar refractivity (Wildman–Crippen MR) is 89.3 cm³/mol. The summed E-state index contributed by atoms with van der Waals surface area (Å²) in [6, 6.07) is 7.73. The smallest absolute Gasteiger partial charge is 0.338 e. The normalized spacial score (nSPS) is 16.8. The molecule has 2 heterocycles. The highest BCUT2D eigenvalue weighted by molar-refractivity contribution is 5.92. The minimum Gasteiger partial charge on any atom is -0.459 e. The SMILES string of the molecule is CCc1ccc(C2C(C(=O)OC(C)C)=C(C)Nc3nnnn32)cc1. The van der Waals surface area contributed by atoms with Crippen LogP contribution in [-0.2, 0) is 16.0 Å². The van der Waals surface area contributed by atoms with Gasteiger partial charge in [0.25, 0.3) is 0 Å². The van der Waals surface area contributed by atoms with E-state index in [1.54, 1.807) is 4.68 Å². The Balaban J connectivity index is 2.08. The van der Waals surface area contributed by atoms with Crippen molar-refractivity contribution in [2.75, 3.05) is 5.32 Å². The summed E-state index contributed by atoms with van der Waals surface area (Å²) in [5.74, 6) is 0.152. The van der Waals surface area contributed by atoms with Crippen molar-refractivity contribution in [3.63, 3.8) is 0 Å². The number of carbonyl (C=O) groups is 1. The number of nitrogens with one attached hydrogen (secondary N) is 1. The Bertz CT molecular complexity index is 777. The van der Waals surface area contributed by atoms with Gasteiger partial charge in [0.05, 0.1) is 11.7 Å². The lowest BCUT2D eigenvalue weighted by atomic mass is 9.94. The number of benzene rings is 1. The maximum atomic E-state index is 12.7. The molecule has 0 aliphatic carbocycles. The van der Waals surface area contributed by atoms with E-state index >= 15 is 0 Å². The van der Waals surface area contributed by atoms with Gasteiger partial charge in [0.1, 0.15) is 6.04 Å². The molecule has 1 aromatic carbocycles. The Kier molecular flexibility index (Phi) is 4.33. The fourth-order valence-corrected chi connectivity index (χ4v) is 2.80. The number of hydrogen-bond donors (Lipinski definition) is 1. The summed E-state index contributed by atoms with van der Waals surface area (Å²) in [5.41, 5.74) is 3.40. The molecule has 7 nitrogen and oxygen atoms in total. The molecule has 1 unspecified atom stereocenters. The predicted octanol–water partition coefficient (Wildman–Crippen LogP) is 2.48. The number of anilines is 1. The van der Waals surface area contributed by atoms with Gasteiger partial charge in [-0.2, -0.15) is 4.68 Å². The fourth-order valence-electron chi connectivity index (χ4n) is 2.80. The van der Waals surface area contributed by atoms with Gasteiger partial charge in [-0.25, -0.2) is 4.79 Å². The van der Waals surface area contributed by atoms with Crippen LogP contribution in [0.25, 0.3) is 0 Å². The number of nitrogens with zero attached hydrogens (tertiary/aromatic N) is 4. The van der Waals surface area contributed by atoms with E-state index in [9.17, 15) is 4.79 Å². The van der Waals surface area contributed by atoms with E-state index in [1.165, 1.54) is 5.56 Å². The maximum Gasteiger partial charge on any atom is 0.338 e. The molecule has 0 saturated heterocycles. The molecule has 7 heteroatoms. The Morgan fingerprint density at radius 2 is 2.04 bits per heavy atom. The third-order valence-electron chi connectivity index (χ3n) is 3.98. The molecule has 0 amide bonds. The summed E-state index contributed by atoms with van der Waals surface area (Å²) in [6.07, 6.45) is 0.760. The minimum absolute atomic E-state index is 0.198. The van der Waals surface area contributed by atoms with Crippen LogP contribution in [0.2, 0.25) is 0 Å². The molecule has 0 bridgehead atoms. The second-order valence-corrected chi connectivity index (χ2v) is 6.06. The number of rotatable bonds is 4. The van der Waals surface area contributed by atoms with Crippen LogP contribution in [-0.4, -0.2) is 32.3 Å². The molecule has 0 saturated carbocycles. The van der Waals surface area contributed by atoms with Gasteiger partial charge in [-0.05, 0) is 48.7 Å². The van der Waals surface area contributed by atoms with Crippen molar-refractivity contribution in [1.82, 2.24) is 20.2 Å². The molecular formula is C17H21N5O2. The van der Waals surface area contributed by atoms with E-state index < -0.39 is 6.04 Å². The lowest BCUT2D eigenvalue weighted by Crippen LogP contribution is -2.30. The van der Waals surface area contributed by atoms with E-state index in [0.29, 0.717) is 17.2 Å². The summed E-state index contributed by atoms with van der Waals surface area (Å²) < 4.78 is 7.05. The number of aromatic nitrogens is 4. The molecule has 1 aromatic heterocycles. The van der Waals surface area contributed by atoms with E-state index in [4.69, 9.17) is 4.74 Å². The van der Waals surface area contributed by atoms with Crippen molar-refractivity contribution < 1.29 is 9.53 Å². The fraction of sp³-hybridized carbons (Fsp3) is 0.412. The average molecular weight is 327 g/mol. The second kappa shape index (κ2) is 6.43. The molecule has 1 N–H and O–H groups in total. The molecule has 1 aliphatic rings. The Hall–Kier alpha value is -2.70. The molecule has 2 aromatic rings. The molecule has 24 heavy (non-hydrogen) atoms. The number of ether oxygens (including phenoxy) is 1. The second-order valence-electron chi connectivity index (χ2n) is 6.06. The first-order valence-electron chi connectivity index (χ1n) is 8.06. The summed E-state index contributed by atoms with van der Waals surface area (Å²) >= 11 is 0. The number of tetrazole rings is 1. The molecule has 3 rings (SSSR count). The Morgan fingerprint density at radius 1 is 1.33 bits per heavy atom. The van der Waals surface area contributed by atoms with Gasteiger partial charge >= 0.3 is 5.97 Å². The Labute approximate surface area is 140 Å². The monoisotopic (exact) mass is 327 g/mol. The molecular weight excluding hydrogens is 306 g/mol. The largest absolute Gasteiger partial charge is 0.459 e. The molecule has 0 spiro atoms. The first-order valence-corrected chi connectivity index (χ1v) is 8.06. The van der Waals surface area contributed by atoms with Gasteiger partial charge < -0.3 is 10.1 Å². The highest BCUT2D eigenvalue weighted by Gasteiger charge is 2.35. The lowest BCUT2D eigenvalue weighted by Gasteiger charge is -2.28. The van der Waals surface area contributed by atoms with Crippen molar-refractivity contribution in [2.24, 2.45) is 0 Å². The average Bonchev–Trinajstić information content (AvgIpc) is 3.00. The lowest BCUT2D eigenvalue weighted by molar-refractivity contribution is -0.143. The van der Waals surface area contributed by atoms with Gasteiger partial charge in [0.2, 0.25) is 5.95 Å². The topological polar surface area (TPSA) is 81.9 Å². The molecule has 126 valence electrons. The first kappa shape index (κ1) is 16.2. The summed E-state index contributed by atoms with van der Waals surface area (Å²) in [7, 11) is 0. The number of carbonyl (C=O) groups excluding carboxylic acids is 1. The third kappa shape index (κ3) is 2.89. The Morgan fingerprint density at radius 3 is 2.67 bits per heavy atom. The van der Waals surface area contributed by atoms with Crippen LogP contribution in [0.5, 0.6) is 0 Å². The van der Waals surface area contributed by atoms with E-state index in [2.05, 4.69) is 39.9 Å². The van der Waals surface area contributed by atoms with Gasteiger partial charge in [-0.15, -0.1) is 0 Å². The van der Waals surface area contributed by atoms with Crippen LogP contribution in [0.1, 0.15) is 44.9 Å². The van der Waals surface area contributed by atoms with Crippen LogP contribution in [0.15, 0.2) is 35.5 Å². The van der Waals surface area contributed by atoms with Crippen LogP contribution in [0, 0.1) is 0 Å². The van der Waals surface area contributed by atoms with Crippen LogP contribution in [0.4, 0.5) is 5.95 Å². The number of hydrogen-bond acceptors (Lipinski definition) is 6. The zero-order chi connectivity index (χ0) is 17.3. The highest BCUT2D eigenvalue weighted by atomic mass is 16.5. The molecule has 0 radical (unpaired) electrons. The van der Waals surface area contributed by atoms with Crippen LogP contribution < -0.4 is 5.32 Å². The zero-order valence-corrected chi connectivity index (χ0v) is 14.3. The third-order valence-corrected chi connectivity index (χ3v) is 3.98. The van der Waals surface area contributed by atoms with Crippen molar-refractivity contribution in [2.45, 2.75) is 46.3 Å². The van der Waals surface area contributed by atoms with Crippen molar-refractivity contribution >= 4 is 11.9 Å². The van der Waals surface area contributed by atoms with E-state index in [0.717, 1.165) is 12.0 Å². The van der Waals surface area contributed by atoms with Crippen molar-refractivity contribution in [3.05, 3.63) is 46.7 Å². The van der Waals surface area contributed by atoms with Gasteiger partial charge in [-0.1, -0.05) is 36.3 Å². The highest BCUT2D eigenvalue weighted by Crippen LogP contribution is 2.35. The van der Waals surface area contributed by atoms with E-state index in [1.807, 2.05) is 32.9 Å². The summed E-state index contributed by atoms with van der Waals surface area (Å²) in [6.45, 7) is 7.60. The zero-order valence-electron chi connectivity index (χ0n) is 14.3. The van der Waals surface area contributed by atoms with Gasteiger partial charge in [0, 0.05) is 5.70 Å². The standard InChI is InChI=1S/C17H21N5O2/c1-5-12-6-8-13(9-7-12)15-14(16(23)24-10(2)3)11(4)18-17-19-20-21-22(15)17/h6-10,15H,5H2,1-4H3,(H,18,19,21). The van der Waals surface area contributed by atoms with Crippen molar-refractivity contribution in [3.8, 4) is 0 Å². The number of allylic oxidation sites excluding steroid dienone is 1.